The van der Waals surface area contributed by atoms with Gasteiger partial charge < -0.3 is 15.0 Å². The van der Waals surface area contributed by atoms with Crippen LogP contribution in [0, 0.1) is 0 Å². The molecule has 1 fully saturated rings. The number of hydrogen-bond acceptors (Lipinski definition) is 3. The molecule has 0 saturated carbocycles. The normalized spacial score (nSPS) is 14.4. The molecule has 1 N–H and O–H groups in total. The molecule has 0 aromatic heterocycles. The lowest BCUT2D eigenvalue weighted by Crippen LogP contribution is -2.29. The first kappa shape index (κ1) is 18.2. The van der Waals surface area contributed by atoms with E-state index in [0.29, 0.717) is 18.2 Å². The highest BCUT2D eigenvalue weighted by atomic mass is 35.5. The van der Waals surface area contributed by atoms with E-state index in [9.17, 15) is 0 Å². The minimum absolute atomic E-state index is 0.610. The Morgan fingerprint density at radius 1 is 1.00 bits per heavy atom. The highest BCUT2D eigenvalue weighted by Gasteiger charge is 2.14. The summed E-state index contributed by atoms with van der Waals surface area (Å²) in [5.74, 6) is 0.724. The largest absolute Gasteiger partial charge is 0.492 e. The van der Waals surface area contributed by atoms with Gasteiger partial charge in [-0.2, -0.15) is 0 Å². The molecule has 3 nitrogen and oxygen atoms in total. The summed E-state index contributed by atoms with van der Waals surface area (Å²) in [5, 5.41) is 4.85. The molecule has 1 heterocycles. The fraction of sp³-hybridized carbons (Fsp3) is 0.400. The molecule has 2 aromatic rings. The van der Waals surface area contributed by atoms with Gasteiger partial charge in [0.15, 0.2) is 0 Å². The molecule has 0 atom stereocenters. The Morgan fingerprint density at radius 2 is 1.80 bits per heavy atom. The molecule has 3 rings (SSSR count). The summed E-state index contributed by atoms with van der Waals surface area (Å²) in [6.45, 7) is 5.43. The maximum atomic E-state index is 6.51. The highest BCUT2D eigenvalue weighted by Crippen LogP contribution is 2.31. The predicted molar refractivity (Wildman–Crippen MR) is 107 cm³/mol. The van der Waals surface area contributed by atoms with Crippen molar-refractivity contribution in [2.75, 3.05) is 29.9 Å². The van der Waals surface area contributed by atoms with Crippen LogP contribution in [0.5, 0.6) is 5.75 Å². The molecule has 2 aromatic carbocycles. The van der Waals surface area contributed by atoms with Gasteiger partial charge in [-0.1, -0.05) is 29.3 Å². The third-order valence-corrected chi connectivity index (χ3v) is 5.04. The van der Waals surface area contributed by atoms with Crippen LogP contribution in [-0.4, -0.2) is 19.7 Å². The zero-order valence-electron chi connectivity index (χ0n) is 14.5. The molecule has 1 saturated heterocycles. The van der Waals surface area contributed by atoms with Crippen LogP contribution >= 0.6 is 23.2 Å². The number of hydrogen-bond donors (Lipinski definition) is 1. The van der Waals surface area contributed by atoms with Crippen molar-refractivity contribution in [1.29, 1.82) is 0 Å². The number of piperidine rings is 1. The van der Waals surface area contributed by atoms with E-state index in [-0.39, 0.29) is 0 Å². The van der Waals surface area contributed by atoms with Gasteiger partial charge in [0.05, 0.1) is 22.3 Å². The first-order valence-corrected chi connectivity index (χ1v) is 9.62. The molecule has 25 heavy (non-hydrogen) atoms. The molecule has 0 spiro atoms. The van der Waals surface area contributed by atoms with Gasteiger partial charge in [-0.3, -0.25) is 0 Å². The molecule has 0 radical (unpaired) electrons. The van der Waals surface area contributed by atoms with Gasteiger partial charge in [0.2, 0.25) is 0 Å². The molecule has 0 unspecified atom stereocenters. The number of rotatable bonds is 6. The van der Waals surface area contributed by atoms with Crippen LogP contribution in [-0.2, 0) is 6.54 Å². The van der Waals surface area contributed by atoms with E-state index in [1.807, 2.05) is 31.2 Å². The minimum Gasteiger partial charge on any atom is -0.492 e. The Balaban J connectivity index is 1.63. The molecular formula is C20H24Cl2N2O. The average molecular weight is 379 g/mol. The predicted octanol–water partition coefficient (Wildman–Crippen LogP) is 5.99. The van der Waals surface area contributed by atoms with Gasteiger partial charge in [0, 0.05) is 25.3 Å². The maximum absolute atomic E-state index is 6.51. The SMILES string of the molecule is CCOc1ccc(CNc2ccc(N3CCCCC3)c(Cl)c2)cc1Cl. The topological polar surface area (TPSA) is 24.5 Å². The van der Waals surface area contributed by atoms with E-state index in [4.69, 9.17) is 27.9 Å². The minimum atomic E-state index is 0.610. The van der Waals surface area contributed by atoms with Gasteiger partial charge in [-0.25, -0.2) is 0 Å². The highest BCUT2D eigenvalue weighted by molar-refractivity contribution is 6.33. The Morgan fingerprint density at radius 3 is 2.48 bits per heavy atom. The van der Waals surface area contributed by atoms with E-state index >= 15 is 0 Å². The van der Waals surface area contributed by atoms with Gasteiger partial charge in [-0.15, -0.1) is 0 Å². The Labute approximate surface area is 159 Å². The summed E-state index contributed by atoms with van der Waals surface area (Å²) in [6.07, 6.45) is 3.81. The van der Waals surface area contributed by atoms with Crippen molar-refractivity contribution in [3.05, 3.63) is 52.0 Å². The third-order valence-electron chi connectivity index (χ3n) is 4.44. The fourth-order valence-corrected chi connectivity index (χ4v) is 3.70. The average Bonchev–Trinajstić information content (AvgIpc) is 2.63. The van der Waals surface area contributed by atoms with Crippen molar-refractivity contribution in [2.24, 2.45) is 0 Å². The van der Waals surface area contributed by atoms with Crippen molar-refractivity contribution in [3.63, 3.8) is 0 Å². The van der Waals surface area contributed by atoms with Crippen LogP contribution in [0.25, 0.3) is 0 Å². The molecule has 0 bridgehead atoms. The van der Waals surface area contributed by atoms with Crippen molar-refractivity contribution in [1.82, 2.24) is 0 Å². The fourth-order valence-electron chi connectivity index (χ4n) is 3.14. The zero-order chi connectivity index (χ0) is 17.6. The third kappa shape index (κ3) is 4.74. The van der Waals surface area contributed by atoms with E-state index in [0.717, 1.165) is 40.8 Å². The Kier molecular flexibility index (Phi) is 6.33. The Hall–Kier alpha value is -1.58. The summed E-state index contributed by atoms with van der Waals surface area (Å²) in [6, 6.07) is 12.1. The quantitative estimate of drug-likeness (QED) is 0.667. The molecule has 1 aliphatic rings. The lowest BCUT2D eigenvalue weighted by atomic mass is 10.1. The van der Waals surface area contributed by atoms with E-state index in [1.165, 1.54) is 19.3 Å². The van der Waals surface area contributed by atoms with Crippen molar-refractivity contribution in [2.45, 2.75) is 32.7 Å². The van der Waals surface area contributed by atoms with E-state index < -0.39 is 0 Å². The van der Waals surface area contributed by atoms with Crippen molar-refractivity contribution >= 4 is 34.6 Å². The zero-order valence-corrected chi connectivity index (χ0v) is 16.0. The van der Waals surface area contributed by atoms with Crippen LogP contribution in [0.2, 0.25) is 10.0 Å². The molecular weight excluding hydrogens is 355 g/mol. The van der Waals surface area contributed by atoms with Crippen LogP contribution in [0.15, 0.2) is 36.4 Å². The van der Waals surface area contributed by atoms with Crippen LogP contribution in [0.3, 0.4) is 0 Å². The summed E-state index contributed by atoms with van der Waals surface area (Å²) >= 11 is 12.7. The van der Waals surface area contributed by atoms with Crippen molar-refractivity contribution in [3.8, 4) is 5.75 Å². The number of nitrogens with zero attached hydrogens (tertiary/aromatic N) is 1. The number of benzene rings is 2. The maximum Gasteiger partial charge on any atom is 0.137 e. The number of halogens is 2. The number of anilines is 2. The molecule has 0 amide bonds. The van der Waals surface area contributed by atoms with E-state index in [2.05, 4.69) is 22.3 Å². The molecule has 5 heteroatoms. The smallest absolute Gasteiger partial charge is 0.137 e. The lowest BCUT2D eigenvalue weighted by Gasteiger charge is -2.29. The van der Waals surface area contributed by atoms with Gasteiger partial charge >= 0.3 is 0 Å². The first-order chi connectivity index (χ1) is 12.2. The van der Waals surface area contributed by atoms with Crippen LogP contribution in [0.1, 0.15) is 31.7 Å². The van der Waals surface area contributed by atoms with Crippen LogP contribution in [0.4, 0.5) is 11.4 Å². The summed E-state index contributed by atoms with van der Waals surface area (Å²) in [4.78, 5) is 2.38. The van der Waals surface area contributed by atoms with Crippen LogP contribution < -0.4 is 15.0 Å². The van der Waals surface area contributed by atoms with E-state index in [1.54, 1.807) is 0 Å². The standard InChI is InChI=1S/C20H24Cl2N2O/c1-2-25-20-9-6-15(12-18(20)22)14-23-16-7-8-19(17(21)13-16)24-10-4-3-5-11-24/h6-9,12-13,23H,2-5,10-11,14H2,1H3. The molecule has 134 valence electrons. The van der Waals surface area contributed by atoms with Gasteiger partial charge in [-0.05, 0) is 62.1 Å². The molecule has 0 aliphatic carbocycles. The number of ether oxygens (including phenoxy) is 1. The van der Waals surface area contributed by atoms with Crippen molar-refractivity contribution < 1.29 is 4.74 Å². The van der Waals surface area contributed by atoms with Gasteiger partial charge in [0.25, 0.3) is 0 Å². The number of nitrogens with one attached hydrogen (secondary N) is 1. The monoisotopic (exact) mass is 378 g/mol. The second kappa shape index (κ2) is 8.68. The lowest BCUT2D eigenvalue weighted by molar-refractivity contribution is 0.340. The first-order valence-electron chi connectivity index (χ1n) is 8.87. The summed E-state index contributed by atoms with van der Waals surface area (Å²) < 4.78 is 5.47. The summed E-state index contributed by atoms with van der Waals surface area (Å²) in [5.41, 5.74) is 3.25. The summed E-state index contributed by atoms with van der Waals surface area (Å²) in [7, 11) is 0. The molecule has 1 aliphatic heterocycles. The van der Waals surface area contributed by atoms with Gasteiger partial charge in [0.1, 0.15) is 5.75 Å². The second-order valence-electron chi connectivity index (χ2n) is 6.27. The second-order valence-corrected chi connectivity index (χ2v) is 7.08. The Bertz CT molecular complexity index is 715.